The highest BCUT2D eigenvalue weighted by Gasteiger charge is 2.65. The monoisotopic (exact) mass is 945 g/mol. The second-order valence-corrected chi connectivity index (χ2v) is 18.2. The number of ether oxygens (including phenoxy) is 5. The highest BCUT2D eigenvalue weighted by Crippen LogP contribution is 2.62. The number of fused-ring (bicyclic) bond motifs is 3. The zero-order chi connectivity index (χ0) is 47.6. The number of rotatable bonds is 22. The first kappa shape index (κ1) is 48.3. The normalized spacial score (nSPS) is 22.7. The van der Waals surface area contributed by atoms with Crippen molar-refractivity contribution < 1.29 is 48.5 Å². The van der Waals surface area contributed by atoms with Crippen LogP contribution in [0.15, 0.2) is 125 Å². The van der Waals surface area contributed by atoms with Gasteiger partial charge < -0.3 is 43.6 Å². The fourth-order valence-corrected chi connectivity index (χ4v) is 10.6. The van der Waals surface area contributed by atoms with E-state index in [1.807, 2.05) is 67.8 Å². The van der Waals surface area contributed by atoms with Crippen LogP contribution in [0.1, 0.15) is 74.5 Å². The summed E-state index contributed by atoms with van der Waals surface area (Å²) in [5.41, 5.74) is 3.82. The summed E-state index contributed by atoms with van der Waals surface area (Å²) in [6.45, 7) is 6.67. The van der Waals surface area contributed by atoms with Gasteiger partial charge in [0.05, 0.1) is 23.2 Å². The van der Waals surface area contributed by atoms with Crippen molar-refractivity contribution in [3.63, 3.8) is 0 Å². The van der Waals surface area contributed by atoms with E-state index >= 15 is 4.79 Å². The predicted octanol–water partition coefficient (Wildman–Crippen LogP) is 10.2. The van der Waals surface area contributed by atoms with E-state index in [-0.39, 0.29) is 68.9 Å². The van der Waals surface area contributed by atoms with E-state index in [1.165, 1.54) is 18.2 Å². The Morgan fingerprint density at radius 1 is 0.956 bits per heavy atom. The van der Waals surface area contributed by atoms with Crippen molar-refractivity contribution in [3.05, 3.63) is 142 Å². The third-order valence-electron chi connectivity index (χ3n) is 13.2. The van der Waals surface area contributed by atoms with Gasteiger partial charge in [-0.3, -0.25) is 14.9 Å². The maximum absolute atomic E-state index is 15.2. The Morgan fingerprint density at radius 3 is 2.41 bits per heavy atom. The summed E-state index contributed by atoms with van der Waals surface area (Å²) in [7, 11) is 0. The number of oxime groups is 1. The van der Waals surface area contributed by atoms with Crippen LogP contribution in [0, 0.1) is 27.9 Å². The summed E-state index contributed by atoms with van der Waals surface area (Å²) in [6, 6.07) is 24.6. The molecule has 0 bridgehead atoms. The van der Waals surface area contributed by atoms with Crippen LogP contribution in [0.5, 0.6) is 28.7 Å². The number of hydrogen-bond donors (Lipinski definition) is 2. The smallest absolute Gasteiger partial charge is 0.269 e. The molecule has 1 saturated carbocycles. The van der Waals surface area contributed by atoms with E-state index in [9.17, 15) is 20.3 Å². The predicted molar refractivity (Wildman–Crippen MR) is 260 cm³/mol. The molecule has 0 radical (unpaired) electrons. The molecule has 2 aliphatic heterocycles. The Morgan fingerprint density at radius 2 is 1.69 bits per heavy atom. The minimum absolute atomic E-state index is 0.00611. The van der Waals surface area contributed by atoms with Gasteiger partial charge in [0.25, 0.3) is 5.69 Å². The molecule has 0 unspecified atom stereocenters. The molecule has 0 aromatic heterocycles. The number of allylic oxidation sites excluding steroid dienone is 1. The Balaban J connectivity index is 1.32. The number of nitro groups is 1. The number of nitro benzene ring substituents is 1. The summed E-state index contributed by atoms with van der Waals surface area (Å²) in [5.74, 6) is 0.450. The van der Waals surface area contributed by atoms with Gasteiger partial charge in [-0.1, -0.05) is 36.2 Å². The number of carbonyl (C=O) groups excluding carboxylic acids is 1. The van der Waals surface area contributed by atoms with Gasteiger partial charge in [-0.05, 0) is 140 Å². The minimum Gasteiger partial charge on any atom is -0.459 e. The fourth-order valence-electron chi connectivity index (χ4n) is 10.2. The van der Waals surface area contributed by atoms with Gasteiger partial charge >= 0.3 is 0 Å². The Bertz CT molecular complexity index is 2510. The summed E-state index contributed by atoms with van der Waals surface area (Å²) in [5, 5.41) is 36.3. The number of carbonyl (C=O) groups is 1. The first-order valence-electron chi connectivity index (χ1n) is 23.3. The van der Waals surface area contributed by atoms with Crippen LogP contribution in [-0.2, 0) is 20.9 Å². The standard InChI is InChI=1S/C53H59N3O11S/c1-4-28-64-53-49(55(33-36-14-23-47-48(29-36)63-34-62-47)50(59)25-15-35-12-16-38(17-13-35)56(60)61)32-45(54-65-5-2)43-30-37(10-6-8-26-57)42(11-7-9-27-58)51(52(43)53)44-31-40(20-24-46(44)67-53)66-39-18-21-41(68-3)22-19-39/h4,12-25,29-31,37,42,49,51-52,57-58H,1,5-11,26-28,32-34H2,2-3H3/t37-,42+,49-,51+,52+,53+/m0/s1. The molecule has 15 heteroatoms. The van der Waals surface area contributed by atoms with Crippen molar-refractivity contribution in [2.24, 2.45) is 22.9 Å². The molecule has 6 atom stereocenters. The molecule has 2 N–H and O–H groups in total. The molecule has 1 fully saturated rings. The molecule has 4 aromatic rings. The lowest BCUT2D eigenvalue weighted by Gasteiger charge is -2.60. The van der Waals surface area contributed by atoms with Crippen molar-refractivity contribution in [2.75, 3.05) is 39.5 Å². The molecule has 2 heterocycles. The number of aliphatic hydroxyl groups is 2. The second-order valence-electron chi connectivity index (χ2n) is 17.3. The molecular formula is C53H59N3O11S. The number of amides is 1. The number of thioether (sulfide) groups is 1. The lowest BCUT2D eigenvalue weighted by molar-refractivity contribution is -0.384. The summed E-state index contributed by atoms with van der Waals surface area (Å²) in [4.78, 5) is 35.0. The van der Waals surface area contributed by atoms with E-state index in [2.05, 4.69) is 18.7 Å². The maximum atomic E-state index is 15.2. The van der Waals surface area contributed by atoms with Crippen LogP contribution in [0.3, 0.4) is 0 Å². The van der Waals surface area contributed by atoms with E-state index in [4.69, 9.17) is 33.7 Å². The molecule has 8 rings (SSSR count). The Labute approximate surface area is 401 Å². The largest absolute Gasteiger partial charge is 0.459 e. The fraction of sp³-hybridized carbons (Fsp3) is 0.396. The lowest BCUT2D eigenvalue weighted by atomic mass is 9.55. The molecule has 1 amide bonds. The summed E-state index contributed by atoms with van der Waals surface area (Å²) >= 11 is 1.66. The average Bonchev–Trinajstić information content (AvgIpc) is 3.83. The molecule has 4 aliphatic rings. The van der Waals surface area contributed by atoms with Gasteiger partial charge in [-0.25, -0.2) is 0 Å². The van der Waals surface area contributed by atoms with Crippen LogP contribution in [0.2, 0.25) is 0 Å². The first-order chi connectivity index (χ1) is 33.2. The van der Waals surface area contributed by atoms with Crippen molar-refractivity contribution in [1.82, 2.24) is 4.90 Å². The number of nitrogens with zero attached hydrogens (tertiary/aromatic N) is 3. The zero-order valence-corrected chi connectivity index (χ0v) is 39.3. The number of non-ortho nitro benzene ring substituents is 1. The molecule has 358 valence electrons. The third-order valence-corrected chi connectivity index (χ3v) is 14.0. The Kier molecular flexibility index (Phi) is 15.9. The average molecular weight is 946 g/mol. The third kappa shape index (κ3) is 10.5. The second kappa shape index (κ2) is 22.3. The van der Waals surface area contributed by atoms with Crippen molar-refractivity contribution in [3.8, 4) is 28.7 Å². The van der Waals surface area contributed by atoms with E-state index in [0.717, 1.165) is 47.3 Å². The highest BCUT2D eigenvalue weighted by molar-refractivity contribution is 7.98. The molecule has 2 aliphatic carbocycles. The zero-order valence-electron chi connectivity index (χ0n) is 38.5. The molecule has 0 saturated heterocycles. The molecular weight excluding hydrogens is 887 g/mol. The highest BCUT2D eigenvalue weighted by atomic mass is 32.2. The van der Waals surface area contributed by atoms with E-state index in [1.54, 1.807) is 40.9 Å². The quantitative estimate of drug-likeness (QED) is 0.0191. The van der Waals surface area contributed by atoms with Crippen LogP contribution >= 0.6 is 11.8 Å². The lowest BCUT2D eigenvalue weighted by Crippen LogP contribution is -2.70. The summed E-state index contributed by atoms with van der Waals surface area (Å²) in [6.07, 6.45) is 13.8. The first-order valence-corrected chi connectivity index (χ1v) is 24.6. The van der Waals surface area contributed by atoms with Gasteiger partial charge in [0, 0.05) is 60.8 Å². The number of benzene rings is 4. The SMILES string of the molecule is C=CCO[C@@]12Oc3ccc(Oc4ccc(SC)cc4)cc3[C@H]3[C@H](CCCCO)[C@@H](CCCCO)C=C(C(=NOCC)C[C@@H]1N(Cc1ccc4c(c1)OCO4)C(=O)C=Cc1ccc([N+](=O)[O-])cc1)[C@H]32. The van der Waals surface area contributed by atoms with Crippen LogP contribution in [0.25, 0.3) is 6.08 Å². The number of unbranched alkanes of at least 4 members (excludes halogenated alkanes) is 2. The van der Waals surface area contributed by atoms with Crippen molar-refractivity contribution >= 4 is 35.1 Å². The molecule has 0 spiro atoms. The van der Waals surface area contributed by atoms with Crippen molar-refractivity contribution in [1.29, 1.82) is 0 Å². The number of aliphatic hydroxyl groups excluding tert-OH is 2. The van der Waals surface area contributed by atoms with Crippen LogP contribution in [-0.4, -0.2) is 83.0 Å². The van der Waals surface area contributed by atoms with Gasteiger partial charge in [0.15, 0.2) is 11.5 Å². The van der Waals surface area contributed by atoms with Gasteiger partial charge in [-0.2, -0.15) is 0 Å². The van der Waals surface area contributed by atoms with Crippen LogP contribution in [0.4, 0.5) is 5.69 Å². The minimum atomic E-state index is -1.52. The van der Waals surface area contributed by atoms with Crippen molar-refractivity contribution in [2.45, 2.75) is 81.1 Å². The molecule has 68 heavy (non-hydrogen) atoms. The van der Waals surface area contributed by atoms with Gasteiger partial charge in [0.1, 0.15) is 29.9 Å². The molecule has 4 aromatic carbocycles. The van der Waals surface area contributed by atoms with Crippen LogP contribution < -0.4 is 18.9 Å². The topological polar surface area (TPSA) is 172 Å². The Hall–Kier alpha value is -6.13. The maximum Gasteiger partial charge on any atom is 0.269 e. The number of hydrogen-bond acceptors (Lipinski definition) is 13. The van der Waals surface area contributed by atoms with Gasteiger partial charge in [0.2, 0.25) is 18.5 Å². The van der Waals surface area contributed by atoms with E-state index < -0.39 is 22.7 Å². The van der Waals surface area contributed by atoms with Gasteiger partial charge in [-0.15, -0.1) is 18.3 Å². The molecule has 14 nitrogen and oxygen atoms in total. The van der Waals surface area contributed by atoms with E-state index in [0.29, 0.717) is 59.5 Å². The summed E-state index contributed by atoms with van der Waals surface area (Å²) < 4.78 is 32.6.